The number of amides is 2. The number of hydrogen-bond donors (Lipinski definition) is 2. The fraction of sp³-hybridized carbons (Fsp3) is 0.464. The summed E-state index contributed by atoms with van der Waals surface area (Å²) in [6, 6.07) is 11.2. The number of nitro groups is 1. The Hall–Kier alpha value is -3.65. The number of esters is 1. The van der Waals surface area contributed by atoms with Crippen molar-refractivity contribution in [2.45, 2.75) is 69.8 Å². The van der Waals surface area contributed by atoms with Crippen molar-refractivity contribution in [1.82, 2.24) is 0 Å². The van der Waals surface area contributed by atoms with E-state index in [1.807, 2.05) is 6.92 Å². The fourth-order valence-electron chi connectivity index (χ4n) is 6.66. The van der Waals surface area contributed by atoms with E-state index in [0.717, 1.165) is 5.56 Å². The number of hydrogen-bond acceptors (Lipinski definition) is 9. The second kappa shape index (κ2) is 10.3. The summed E-state index contributed by atoms with van der Waals surface area (Å²) in [4.78, 5) is 63.1. The molecule has 3 aliphatic heterocycles. The molecular formula is C28H33N3O9Si. The summed E-state index contributed by atoms with van der Waals surface area (Å²) in [5, 5.41) is 21.4. The summed E-state index contributed by atoms with van der Waals surface area (Å²) in [5.74, 6) is -1.56. The third-order valence-corrected chi connectivity index (χ3v) is 10.9. The number of rotatable bonds is 8. The van der Waals surface area contributed by atoms with E-state index in [2.05, 4.69) is 0 Å². The average molecular weight is 584 g/mol. The normalized spacial score (nSPS) is 27.3. The number of benzene rings is 2. The number of nitro benzene ring substituents is 1. The maximum Gasteiger partial charge on any atom is 0.304 e. The van der Waals surface area contributed by atoms with Crippen LogP contribution in [0.3, 0.4) is 0 Å². The van der Waals surface area contributed by atoms with Crippen molar-refractivity contribution in [3.8, 4) is 0 Å². The molecule has 3 heterocycles. The minimum absolute atomic E-state index is 0.110. The second-order valence-corrected chi connectivity index (χ2v) is 15.4. The zero-order valence-corrected chi connectivity index (χ0v) is 24.3. The molecule has 12 nitrogen and oxygen atoms in total. The highest BCUT2D eigenvalue weighted by atomic mass is 28.4. The van der Waals surface area contributed by atoms with Crippen LogP contribution in [-0.2, 0) is 36.0 Å². The Labute approximate surface area is 237 Å². The Bertz CT molecular complexity index is 1410. The maximum atomic E-state index is 14.3. The lowest BCUT2D eigenvalue weighted by Gasteiger charge is -2.39. The first kappa shape index (κ1) is 28.9. The summed E-state index contributed by atoms with van der Waals surface area (Å²) in [6.07, 6.45) is -0.931. The van der Waals surface area contributed by atoms with E-state index < -0.39 is 48.6 Å². The largest absolute Gasteiger partial charge is 0.441 e. The van der Waals surface area contributed by atoms with Gasteiger partial charge in [-0.15, -0.1) is 0 Å². The first-order valence-corrected chi connectivity index (χ1v) is 16.5. The molecule has 5 atom stereocenters. The van der Waals surface area contributed by atoms with E-state index in [1.165, 1.54) is 28.9 Å². The summed E-state index contributed by atoms with van der Waals surface area (Å²) in [7, 11) is -2.90. The van der Waals surface area contributed by atoms with Crippen LogP contribution in [-0.4, -0.2) is 59.9 Å². The standard InChI is InChI=1S/C28H33N3O9Si/c1-16-26(41(3,4)38)23(11-12-32)40-28(16)21-13-20(31(36)37)9-10-22(21)29(27(28)35)15-18-5-7-19(8-6-18)30-24(34)14-25(30)39-17(2)33/h5-10,13,16,23,25-26,32,38H,11-12,14-15H2,1-4H3/t16-,23+,25?,26-,28+/m0/s1. The Balaban J connectivity index is 1.50. The Kier molecular flexibility index (Phi) is 7.26. The van der Waals surface area contributed by atoms with Gasteiger partial charge in [-0.1, -0.05) is 19.1 Å². The molecule has 13 heteroatoms. The lowest BCUT2D eigenvalue weighted by atomic mass is 9.82. The van der Waals surface area contributed by atoms with Crippen LogP contribution in [0.5, 0.6) is 0 Å². The van der Waals surface area contributed by atoms with Crippen LogP contribution >= 0.6 is 0 Å². The molecule has 0 saturated carbocycles. The van der Waals surface area contributed by atoms with Crippen molar-refractivity contribution in [3.63, 3.8) is 0 Å². The van der Waals surface area contributed by atoms with E-state index in [0.29, 0.717) is 16.9 Å². The third-order valence-electron chi connectivity index (χ3n) is 8.35. The third kappa shape index (κ3) is 4.72. The van der Waals surface area contributed by atoms with Gasteiger partial charge in [0.25, 0.3) is 11.6 Å². The van der Waals surface area contributed by atoms with Crippen LogP contribution in [0.4, 0.5) is 17.1 Å². The molecule has 2 aromatic rings. The summed E-state index contributed by atoms with van der Waals surface area (Å²) < 4.78 is 11.7. The molecule has 2 fully saturated rings. The molecule has 1 unspecified atom stereocenters. The van der Waals surface area contributed by atoms with Crippen molar-refractivity contribution in [1.29, 1.82) is 0 Å². The number of aliphatic hydroxyl groups is 1. The monoisotopic (exact) mass is 583 g/mol. The zero-order chi connectivity index (χ0) is 29.9. The van der Waals surface area contributed by atoms with Crippen LogP contribution in [0.15, 0.2) is 42.5 Å². The second-order valence-electron chi connectivity index (χ2n) is 11.4. The SMILES string of the molecule is CC(=O)OC1CC(=O)N1c1ccc(CN2C(=O)[C@]3(O[C@H](CCO)[C@@H]([Si](C)(C)O)[C@@H]3C)c3cc([N+](=O)[O-])ccc32)cc1. The zero-order valence-electron chi connectivity index (χ0n) is 23.3. The molecule has 218 valence electrons. The Morgan fingerprint density at radius 2 is 1.90 bits per heavy atom. The summed E-state index contributed by atoms with van der Waals surface area (Å²) >= 11 is 0. The topological polar surface area (TPSA) is 160 Å². The predicted octanol–water partition coefficient (Wildman–Crippen LogP) is 2.95. The number of fused-ring (bicyclic) bond motifs is 2. The highest BCUT2D eigenvalue weighted by Gasteiger charge is 2.66. The molecule has 2 amide bonds. The van der Waals surface area contributed by atoms with Crippen molar-refractivity contribution in [3.05, 3.63) is 63.7 Å². The van der Waals surface area contributed by atoms with E-state index in [1.54, 1.807) is 43.4 Å². The smallest absolute Gasteiger partial charge is 0.304 e. The van der Waals surface area contributed by atoms with Gasteiger partial charge in [-0.05, 0) is 43.3 Å². The lowest BCUT2D eigenvalue weighted by molar-refractivity contribution is -0.385. The molecule has 0 aromatic heterocycles. The number of carbonyl (C=O) groups excluding carboxylic acids is 3. The first-order chi connectivity index (χ1) is 19.3. The predicted molar refractivity (Wildman–Crippen MR) is 149 cm³/mol. The van der Waals surface area contributed by atoms with Gasteiger partial charge in [-0.2, -0.15) is 0 Å². The summed E-state index contributed by atoms with van der Waals surface area (Å²) in [5.41, 5.74) is -0.00277. The van der Waals surface area contributed by atoms with Crippen LogP contribution in [0, 0.1) is 16.0 Å². The molecule has 2 N–H and O–H groups in total. The molecular weight excluding hydrogens is 550 g/mol. The molecule has 41 heavy (non-hydrogen) atoms. The molecule has 0 aliphatic carbocycles. The van der Waals surface area contributed by atoms with Gasteiger partial charge in [0.05, 0.1) is 29.7 Å². The van der Waals surface area contributed by atoms with E-state index in [9.17, 15) is 34.4 Å². The summed E-state index contributed by atoms with van der Waals surface area (Å²) in [6.45, 7) is 6.57. The highest BCUT2D eigenvalue weighted by molar-refractivity contribution is 6.71. The lowest BCUT2D eigenvalue weighted by Crippen LogP contribution is -2.54. The number of non-ortho nitro benzene ring substituents is 1. The molecule has 0 bridgehead atoms. The van der Waals surface area contributed by atoms with E-state index in [4.69, 9.17) is 9.47 Å². The Morgan fingerprint density at radius 3 is 2.46 bits per heavy atom. The van der Waals surface area contributed by atoms with Gasteiger partial charge in [0.1, 0.15) is 0 Å². The van der Waals surface area contributed by atoms with E-state index >= 15 is 0 Å². The Morgan fingerprint density at radius 1 is 1.22 bits per heavy atom. The number of aliphatic hydroxyl groups excluding tert-OH is 1. The molecule has 2 saturated heterocycles. The first-order valence-electron chi connectivity index (χ1n) is 13.5. The van der Waals surface area contributed by atoms with Crippen molar-refractivity contribution >= 4 is 43.2 Å². The highest BCUT2D eigenvalue weighted by Crippen LogP contribution is 2.60. The van der Waals surface area contributed by atoms with Crippen molar-refractivity contribution in [2.24, 2.45) is 5.92 Å². The minimum Gasteiger partial charge on any atom is -0.441 e. The number of anilines is 2. The minimum atomic E-state index is -2.90. The van der Waals surface area contributed by atoms with Crippen molar-refractivity contribution < 1.29 is 38.7 Å². The van der Waals surface area contributed by atoms with Gasteiger partial charge in [0.2, 0.25) is 5.91 Å². The molecule has 0 radical (unpaired) electrons. The van der Waals surface area contributed by atoms with Gasteiger partial charge in [-0.25, -0.2) is 0 Å². The van der Waals surface area contributed by atoms with Crippen LogP contribution < -0.4 is 9.80 Å². The maximum absolute atomic E-state index is 14.3. The number of ether oxygens (including phenoxy) is 2. The van der Waals surface area contributed by atoms with Crippen LogP contribution in [0.25, 0.3) is 0 Å². The average Bonchev–Trinajstić information content (AvgIpc) is 3.31. The van der Waals surface area contributed by atoms with Crippen molar-refractivity contribution in [2.75, 3.05) is 16.4 Å². The quantitative estimate of drug-likeness (QED) is 0.157. The fourth-order valence-corrected chi connectivity index (χ4v) is 9.26. The van der Waals surface area contributed by atoms with Gasteiger partial charge in [0, 0.05) is 48.4 Å². The van der Waals surface area contributed by atoms with Gasteiger partial charge in [-0.3, -0.25) is 29.4 Å². The number of β-lactam (4-membered cyclic amide) rings is 1. The van der Waals surface area contributed by atoms with E-state index in [-0.39, 0.29) is 43.5 Å². The van der Waals surface area contributed by atoms with Crippen LogP contribution in [0.2, 0.25) is 18.6 Å². The van der Waals surface area contributed by atoms with Gasteiger partial charge >= 0.3 is 5.97 Å². The molecule has 2 aromatic carbocycles. The molecule has 5 rings (SSSR count). The number of nitrogens with zero attached hydrogens (tertiary/aromatic N) is 3. The van der Waals surface area contributed by atoms with Crippen LogP contribution in [0.1, 0.15) is 37.8 Å². The molecule has 3 aliphatic rings. The van der Waals surface area contributed by atoms with Gasteiger partial charge < -0.3 is 24.3 Å². The molecule has 1 spiro atoms. The number of carbonyl (C=O) groups is 3. The van der Waals surface area contributed by atoms with Gasteiger partial charge in [0.15, 0.2) is 20.1 Å².